The topological polar surface area (TPSA) is 55.8 Å². The quantitative estimate of drug-likeness (QED) is 0.728. The second kappa shape index (κ2) is 8.16. The van der Waals surface area contributed by atoms with Crippen LogP contribution in [0.1, 0.15) is 39.2 Å². The summed E-state index contributed by atoms with van der Waals surface area (Å²) in [6.07, 6.45) is 1.33. The van der Waals surface area contributed by atoms with Gasteiger partial charge in [0, 0.05) is 20.2 Å². The maximum absolute atomic E-state index is 13.2. The predicted octanol–water partition coefficient (Wildman–Crippen LogP) is 2.92. The molecule has 1 fully saturated rings. The van der Waals surface area contributed by atoms with E-state index in [9.17, 15) is 14.0 Å². The Bertz CT molecular complexity index is 640. The second-order valence-electron chi connectivity index (χ2n) is 7.40. The summed E-state index contributed by atoms with van der Waals surface area (Å²) < 4.78 is 23.8. The van der Waals surface area contributed by atoms with Gasteiger partial charge in [-0.15, -0.1) is 0 Å². The van der Waals surface area contributed by atoms with E-state index in [0.29, 0.717) is 26.0 Å². The molecule has 26 heavy (non-hydrogen) atoms. The highest BCUT2D eigenvalue weighted by molar-refractivity contribution is 5.88. The minimum Gasteiger partial charge on any atom is -0.465 e. The number of rotatable bonds is 6. The molecule has 1 saturated heterocycles. The molecule has 0 unspecified atom stereocenters. The van der Waals surface area contributed by atoms with Gasteiger partial charge in [-0.2, -0.15) is 0 Å². The Morgan fingerprint density at radius 1 is 1.27 bits per heavy atom. The number of likely N-dealkylation sites (tertiary alicyclic amines) is 1. The summed E-state index contributed by atoms with van der Waals surface area (Å²) in [5.41, 5.74) is -0.918. The average Bonchev–Trinajstić information content (AvgIpc) is 2.62. The van der Waals surface area contributed by atoms with Crippen molar-refractivity contribution in [2.45, 2.75) is 39.0 Å². The molecular weight excluding hydrogens is 337 g/mol. The van der Waals surface area contributed by atoms with E-state index in [0.717, 1.165) is 5.56 Å². The number of methoxy groups -OCH3 is 1. The smallest absolute Gasteiger partial charge is 0.316 e. The monoisotopic (exact) mass is 365 g/mol. The lowest BCUT2D eigenvalue weighted by molar-refractivity contribution is -0.165. The Morgan fingerprint density at radius 2 is 1.92 bits per heavy atom. The number of nitrogens with zero attached hydrogens (tertiary/aromatic N) is 1. The highest BCUT2D eigenvalue weighted by atomic mass is 19.1. The lowest BCUT2D eigenvalue weighted by atomic mass is 9.78. The third-order valence-electron chi connectivity index (χ3n) is 5.09. The number of carbonyl (C=O) groups is 2. The van der Waals surface area contributed by atoms with Crippen molar-refractivity contribution in [1.82, 2.24) is 4.90 Å². The van der Waals surface area contributed by atoms with Crippen molar-refractivity contribution in [2.24, 2.45) is 5.41 Å². The average molecular weight is 365 g/mol. The third kappa shape index (κ3) is 4.06. The number of piperidine rings is 1. The molecule has 2 rings (SSSR count). The number of halogens is 1. The minimum atomic E-state index is -0.836. The van der Waals surface area contributed by atoms with E-state index in [4.69, 9.17) is 9.47 Å². The maximum Gasteiger partial charge on any atom is 0.316 e. The zero-order chi connectivity index (χ0) is 19.4. The Kier molecular flexibility index (Phi) is 6.39. The summed E-state index contributed by atoms with van der Waals surface area (Å²) in [6.45, 7) is 6.75. The van der Waals surface area contributed by atoms with Crippen LogP contribution in [0.3, 0.4) is 0 Å². The lowest BCUT2D eigenvalue weighted by Crippen LogP contribution is -2.55. The summed E-state index contributed by atoms with van der Waals surface area (Å²) in [5, 5.41) is 0. The fourth-order valence-corrected chi connectivity index (χ4v) is 3.59. The van der Waals surface area contributed by atoms with E-state index in [-0.39, 0.29) is 30.8 Å². The molecule has 0 bridgehead atoms. The number of benzene rings is 1. The minimum absolute atomic E-state index is 0.0893. The van der Waals surface area contributed by atoms with Crippen molar-refractivity contribution in [3.05, 3.63) is 35.6 Å². The summed E-state index contributed by atoms with van der Waals surface area (Å²) in [5.74, 6) is -0.746. The first-order chi connectivity index (χ1) is 12.3. The van der Waals surface area contributed by atoms with Gasteiger partial charge in [0.05, 0.1) is 18.6 Å². The van der Waals surface area contributed by atoms with Gasteiger partial charge in [-0.3, -0.25) is 9.59 Å². The fourth-order valence-electron chi connectivity index (χ4n) is 3.59. The largest absolute Gasteiger partial charge is 0.465 e. The van der Waals surface area contributed by atoms with Gasteiger partial charge in [0.15, 0.2) is 0 Å². The summed E-state index contributed by atoms with van der Waals surface area (Å²) >= 11 is 0. The van der Waals surface area contributed by atoms with Crippen molar-refractivity contribution in [3.63, 3.8) is 0 Å². The van der Waals surface area contributed by atoms with E-state index < -0.39 is 10.8 Å². The predicted molar refractivity (Wildman–Crippen MR) is 96.2 cm³/mol. The van der Waals surface area contributed by atoms with Gasteiger partial charge < -0.3 is 14.4 Å². The summed E-state index contributed by atoms with van der Waals surface area (Å²) in [6, 6.07) is 5.97. The highest BCUT2D eigenvalue weighted by Gasteiger charge is 2.47. The molecule has 6 heteroatoms. The first-order valence-corrected chi connectivity index (χ1v) is 8.98. The molecule has 1 aliphatic rings. The summed E-state index contributed by atoms with van der Waals surface area (Å²) in [4.78, 5) is 27.5. The molecule has 0 radical (unpaired) electrons. The molecular formula is C20H28FNO4. The van der Waals surface area contributed by atoms with Crippen LogP contribution in [0.2, 0.25) is 0 Å². The van der Waals surface area contributed by atoms with Gasteiger partial charge in [0.2, 0.25) is 5.91 Å². The van der Waals surface area contributed by atoms with E-state index in [1.807, 2.05) is 13.8 Å². The standard InChI is InChI=1S/C20H28FNO4/c1-5-26-18(24)20(14-25-4)11-6-12-22(13-20)17(23)19(2,3)15-7-9-16(21)10-8-15/h7-10H,5-6,11-14H2,1-4H3/t20-/m0/s1. The van der Waals surface area contributed by atoms with Crippen LogP contribution in [0, 0.1) is 11.2 Å². The van der Waals surface area contributed by atoms with E-state index >= 15 is 0 Å². The van der Waals surface area contributed by atoms with Gasteiger partial charge in [0.25, 0.3) is 0 Å². The number of ether oxygens (including phenoxy) is 2. The third-order valence-corrected chi connectivity index (χ3v) is 5.09. The van der Waals surface area contributed by atoms with Crippen molar-refractivity contribution in [3.8, 4) is 0 Å². The molecule has 0 aliphatic carbocycles. The van der Waals surface area contributed by atoms with Gasteiger partial charge >= 0.3 is 5.97 Å². The molecule has 0 aromatic heterocycles. The Labute approximate surface area is 154 Å². The number of esters is 1. The van der Waals surface area contributed by atoms with Crippen LogP contribution >= 0.6 is 0 Å². The zero-order valence-electron chi connectivity index (χ0n) is 16.0. The van der Waals surface area contributed by atoms with Crippen LogP contribution in [0.15, 0.2) is 24.3 Å². The van der Waals surface area contributed by atoms with Crippen LogP contribution < -0.4 is 0 Å². The highest BCUT2D eigenvalue weighted by Crippen LogP contribution is 2.35. The first kappa shape index (κ1) is 20.4. The molecule has 5 nitrogen and oxygen atoms in total. The normalized spacial score (nSPS) is 20.7. The van der Waals surface area contributed by atoms with E-state index in [2.05, 4.69) is 0 Å². The molecule has 1 heterocycles. The van der Waals surface area contributed by atoms with Crippen LogP contribution in [0.25, 0.3) is 0 Å². The molecule has 144 valence electrons. The summed E-state index contributed by atoms with van der Waals surface area (Å²) in [7, 11) is 1.55. The van der Waals surface area contributed by atoms with Crippen LogP contribution in [0.4, 0.5) is 4.39 Å². The van der Waals surface area contributed by atoms with E-state index in [1.165, 1.54) is 12.1 Å². The van der Waals surface area contributed by atoms with Gasteiger partial charge in [-0.05, 0) is 51.3 Å². The van der Waals surface area contributed by atoms with Crippen LogP contribution in [-0.2, 0) is 24.5 Å². The fraction of sp³-hybridized carbons (Fsp3) is 0.600. The lowest BCUT2D eigenvalue weighted by Gasteiger charge is -2.43. The zero-order valence-corrected chi connectivity index (χ0v) is 16.0. The van der Waals surface area contributed by atoms with Crippen molar-refractivity contribution < 1.29 is 23.5 Å². The SMILES string of the molecule is CCOC(=O)[C@@]1(COC)CCCN(C(=O)C(C)(C)c2ccc(F)cc2)C1. The molecule has 1 aromatic carbocycles. The number of hydrogen-bond donors (Lipinski definition) is 0. The first-order valence-electron chi connectivity index (χ1n) is 8.98. The molecule has 1 atom stereocenters. The van der Waals surface area contributed by atoms with Crippen molar-refractivity contribution in [1.29, 1.82) is 0 Å². The van der Waals surface area contributed by atoms with Gasteiger partial charge in [-0.1, -0.05) is 12.1 Å². The molecule has 1 aromatic rings. The maximum atomic E-state index is 13.2. The molecule has 1 aliphatic heterocycles. The molecule has 0 saturated carbocycles. The molecule has 1 amide bonds. The van der Waals surface area contributed by atoms with Crippen molar-refractivity contribution in [2.75, 3.05) is 33.4 Å². The van der Waals surface area contributed by atoms with Gasteiger partial charge in [-0.25, -0.2) is 4.39 Å². The second-order valence-corrected chi connectivity index (χ2v) is 7.40. The van der Waals surface area contributed by atoms with E-state index in [1.54, 1.807) is 31.1 Å². The number of hydrogen-bond acceptors (Lipinski definition) is 4. The Balaban J connectivity index is 2.24. The Morgan fingerprint density at radius 3 is 2.50 bits per heavy atom. The number of carbonyl (C=O) groups excluding carboxylic acids is 2. The van der Waals surface area contributed by atoms with Crippen molar-refractivity contribution >= 4 is 11.9 Å². The number of amides is 1. The molecule has 0 spiro atoms. The van der Waals surface area contributed by atoms with Crippen LogP contribution in [0.5, 0.6) is 0 Å². The molecule has 0 N–H and O–H groups in total. The van der Waals surface area contributed by atoms with Gasteiger partial charge in [0.1, 0.15) is 11.2 Å². The Hall–Kier alpha value is -1.95. The van der Waals surface area contributed by atoms with Crippen LogP contribution in [-0.4, -0.2) is 50.2 Å².